The Balaban J connectivity index is 2.55. The van der Waals surface area contributed by atoms with E-state index in [1.165, 1.54) is 13.2 Å². The number of rotatable bonds is 3. The summed E-state index contributed by atoms with van der Waals surface area (Å²) < 4.78 is 18.6. The molecule has 1 fully saturated rings. The van der Waals surface area contributed by atoms with E-state index in [1.54, 1.807) is 12.1 Å². The van der Waals surface area contributed by atoms with Gasteiger partial charge in [-0.1, -0.05) is 24.4 Å². The normalized spacial score (nSPS) is 17.3. The first-order valence-corrected chi connectivity index (χ1v) is 6.13. The van der Waals surface area contributed by atoms with E-state index in [9.17, 15) is 9.18 Å². The molecule has 96 valence electrons. The summed E-state index contributed by atoms with van der Waals surface area (Å²) in [6.07, 6.45) is 5.05. The van der Waals surface area contributed by atoms with E-state index in [4.69, 9.17) is 16.3 Å². The molecule has 1 saturated carbocycles. The Morgan fingerprint density at radius 3 is 2.67 bits per heavy atom. The zero-order valence-electron chi connectivity index (χ0n) is 10.0. The molecule has 0 radical (unpaired) electrons. The van der Waals surface area contributed by atoms with Crippen LogP contribution in [0.3, 0.4) is 0 Å². The van der Waals surface area contributed by atoms with Gasteiger partial charge in [0.05, 0.1) is 17.7 Å². The molecule has 0 unspecified atom stereocenters. The van der Waals surface area contributed by atoms with Crippen molar-refractivity contribution in [1.82, 2.24) is 0 Å². The van der Waals surface area contributed by atoms with Gasteiger partial charge in [-0.2, -0.15) is 4.99 Å². The Kier molecular flexibility index (Phi) is 3.69. The van der Waals surface area contributed by atoms with Crippen molar-refractivity contribution in [2.24, 2.45) is 4.99 Å². The first-order valence-electron chi connectivity index (χ1n) is 5.75. The number of hydrogen-bond acceptors (Lipinski definition) is 3. The molecule has 0 N–H and O–H groups in total. The van der Waals surface area contributed by atoms with Gasteiger partial charge >= 0.3 is 0 Å². The molecule has 1 aliphatic carbocycles. The summed E-state index contributed by atoms with van der Waals surface area (Å²) in [6.45, 7) is 0. The van der Waals surface area contributed by atoms with Gasteiger partial charge in [0.15, 0.2) is 11.6 Å². The van der Waals surface area contributed by atoms with Crippen molar-refractivity contribution in [3.8, 4) is 5.75 Å². The maximum absolute atomic E-state index is 13.6. The van der Waals surface area contributed by atoms with Crippen LogP contribution in [0.1, 0.15) is 31.2 Å². The van der Waals surface area contributed by atoms with E-state index in [0.29, 0.717) is 5.56 Å². The van der Waals surface area contributed by atoms with Gasteiger partial charge in [-0.05, 0) is 30.5 Å². The van der Waals surface area contributed by atoms with E-state index in [1.807, 2.05) is 0 Å². The molecule has 0 atom stereocenters. The highest BCUT2D eigenvalue weighted by Crippen LogP contribution is 2.44. The first-order chi connectivity index (χ1) is 8.63. The molecule has 1 aromatic carbocycles. The Hall–Kier alpha value is -1.38. The van der Waals surface area contributed by atoms with Crippen LogP contribution in [0.25, 0.3) is 0 Å². The van der Waals surface area contributed by atoms with Crippen molar-refractivity contribution in [3.05, 3.63) is 28.5 Å². The SMILES string of the molecule is COc1cc(C2(N=C=O)CCCC2)cc(Cl)c1F. The molecular formula is C13H13ClFNO2. The largest absolute Gasteiger partial charge is 0.494 e. The zero-order chi connectivity index (χ0) is 13.2. The van der Waals surface area contributed by atoms with E-state index in [2.05, 4.69) is 4.99 Å². The van der Waals surface area contributed by atoms with Crippen molar-refractivity contribution < 1.29 is 13.9 Å². The summed E-state index contributed by atoms with van der Waals surface area (Å²) in [5.41, 5.74) is 0.0958. The quantitative estimate of drug-likeness (QED) is 0.621. The van der Waals surface area contributed by atoms with E-state index >= 15 is 0 Å². The summed E-state index contributed by atoms with van der Waals surface area (Å²) in [4.78, 5) is 14.5. The minimum absolute atomic E-state index is 0.0169. The Morgan fingerprint density at radius 1 is 1.44 bits per heavy atom. The average Bonchev–Trinajstić information content (AvgIpc) is 2.82. The first kappa shape index (κ1) is 13.1. The second kappa shape index (κ2) is 5.09. The molecule has 5 heteroatoms. The van der Waals surface area contributed by atoms with E-state index < -0.39 is 11.4 Å². The van der Waals surface area contributed by atoms with Gasteiger partial charge in [-0.15, -0.1) is 0 Å². The fourth-order valence-electron chi connectivity index (χ4n) is 2.49. The van der Waals surface area contributed by atoms with Crippen LogP contribution in [0.4, 0.5) is 4.39 Å². The minimum Gasteiger partial charge on any atom is -0.494 e. The lowest BCUT2D eigenvalue weighted by atomic mass is 9.89. The third-order valence-corrected chi connectivity index (χ3v) is 3.72. The molecule has 0 saturated heterocycles. The van der Waals surface area contributed by atoms with Gasteiger partial charge in [0, 0.05) is 0 Å². The number of methoxy groups -OCH3 is 1. The fourth-order valence-corrected chi connectivity index (χ4v) is 2.70. The Bertz CT molecular complexity index is 506. The average molecular weight is 270 g/mol. The lowest BCUT2D eigenvalue weighted by Gasteiger charge is -2.23. The minimum atomic E-state index is -0.619. The third-order valence-electron chi connectivity index (χ3n) is 3.44. The zero-order valence-corrected chi connectivity index (χ0v) is 10.8. The molecule has 0 heterocycles. The number of benzene rings is 1. The van der Waals surface area contributed by atoms with E-state index in [0.717, 1.165) is 25.7 Å². The number of isocyanates is 1. The number of ether oxygens (including phenoxy) is 1. The predicted octanol–water partition coefficient (Wildman–Crippen LogP) is 3.59. The second-order valence-corrected chi connectivity index (χ2v) is 4.82. The molecule has 0 bridgehead atoms. The highest BCUT2D eigenvalue weighted by molar-refractivity contribution is 6.31. The van der Waals surface area contributed by atoms with Crippen molar-refractivity contribution in [1.29, 1.82) is 0 Å². The van der Waals surface area contributed by atoms with Crippen LogP contribution in [-0.4, -0.2) is 13.2 Å². The van der Waals surface area contributed by atoms with Gasteiger partial charge in [-0.3, -0.25) is 0 Å². The van der Waals surface area contributed by atoms with Crippen molar-refractivity contribution in [2.45, 2.75) is 31.2 Å². The number of hydrogen-bond donors (Lipinski definition) is 0. The summed E-state index contributed by atoms with van der Waals surface area (Å²) >= 11 is 5.84. The molecule has 18 heavy (non-hydrogen) atoms. The highest BCUT2D eigenvalue weighted by atomic mass is 35.5. The highest BCUT2D eigenvalue weighted by Gasteiger charge is 2.36. The van der Waals surface area contributed by atoms with Crippen LogP contribution in [0.2, 0.25) is 5.02 Å². The number of halogens is 2. The molecule has 0 amide bonds. The molecule has 1 aromatic rings. The van der Waals surface area contributed by atoms with Gasteiger partial charge in [0.2, 0.25) is 6.08 Å². The van der Waals surface area contributed by atoms with Crippen molar-refractivity contribution in [3.63, 3.8) is 0 Å². The summed E-state index contributed by atoms with van der Waals surface area (Å²) in [5.74, 6) is -0.518. The standard InChI is InChI=1S/C13H13ClFNO2/c1-18-11-7-9(6-10(14)12(11)15)13(16-8-17)4-2-3-5-13/h6-7H,2-5H2,1H3. The van der Waals surface area contributed by atoms with Crippen LogP contribution < -0.4 is 4.74 Å². The topological polar surface area (TPSA) is 38.7 Å². The van der Waals surface area contributed by atoms with Gasteiger partial charge in [0.25, 0.3) is 0 Å². The fraction of sp³-hybridized carbons (Fsp3) is 0.462. The van der Waals surface area contributed by atoms with Gasteiger partial charge in [0.1, 0.15) is 0 Å². The summed E-state index contributed by atoms with van der Waals surface area (Å²) in [5, 5.41) is -0.0169. The molecular weight excluding hydrogens is 257 g/mol. The third kappa shape index (κ3) is 2.14. The smallest absolute Gasteiger partial charge is 0.235 e. The Morgan fingerprint density at radius 2 is 2.11 bits per heavy atom. The molecule has 0 aliphatic heterocycles. The maximum Gasteiger partial charge on any atom is 0.235 e. The molecule has 1 aliphatic rings. The van der Waals surface area contributed by atoms with Crippen LogP contribution in [0, 0.1) is 5.82 Å². The van der Waals surface area contributed by atoms with Gasteiger partial charge in [-0.25, -0.2) is 9.18 Å². The lowest BCUT2D eigenvalue weighted by molar-refractivity contribution is 0.381. The van der Waals surface area contributed by atoms with Crippen LogP contribution in [-0.2, 0) is 10.3 Å². The molecule has 3 nitrogen and oxygen atoms in total. The molecule has 0 aromatic heterocycles. The predicted molar refractivity (Wildman–Crippen MR) is 66.2 cm³/mol. The van der Waals surface area contributed by atoms with Crippen molar-refractivity contribution in [2.75, 3.05) is 7.11 Å². The number of nitrogens with zero attached hydrogens (tertiary/aromatic N) is 1. The maximum atomic E-state index is 13.6. The summed E-state index contributed by atoms with van der Waals surface area (Å²) in [6, 6.07) is 3.08. The number of aliphatic imine (C=N–C) groups is 1. The van der Waals surface area contributed by atoms with Gasteiger partial charge < -0.3 is 4.74 Å². The second-order valence-electron chi connectivity index (χ2n) is 4.42. The van der Waals surface area contributed by atoms with Crippen LogP contribution >= 0.6 is 11.6 Å². The molecule has 2 rings (SSSR count). The Labute approximate surface area is 110 Å². The monoisotopic (exact) mass is 269 g/mol. The summed E-state index contributed by atoms with van der Waals surface area (Å²) in [7, 11) is 1.38. The number of carbonyl (C=O) groups excluding carboxylic acids is 1. The van der Waals surface area contributed by atoms with E-state index in [-0.39, 0.29) is 10.8 Å². The molecule has 0 spiro atoms. The van der Waals surface area contributed by atoms with Crippen LogP contribution in [0.15, 0.2) is 17.1 Å². The van der Waals surface area contributed by atoms with Crippen LogP contribution in [0.5, 0.6) is 5.75 Å². The van der Waals surface area contributed by atoms with Crippen molar-refractivity contribution >= 4 is 17.7 Å². The lowest BCUT2D eigenvalue weighted by Crippen LogP contribution is -2.19.